The highest BCUT2D eigenvalue weighted by atomic mass is 35.5. The fraction of sp³-hybridized carbons (Fsp3) is 0.154. The fourth-order valence-electron chi connectivity index (χ4n) is 2.22. The van der Waals surface area contributed by atoms with Gasteiger partial charge >= 0.3 is 0 Å². The van der Waals surface area contributed by atoms with E-state index in [0.717, 1.165) is 16.9 Å². The molecule has 9 heteroatoms. The number of benzene rings is 1. The maximum absolute atomic E-state index is 5.99. The number of fused-ring (bicyclic) bond motifs is 2. The molecule has 0 aliphatic heterocycles. The Morgan fingerprint density at radius 1 is 1.27 bits per heavy atom. The van der Waals surface area contributed by atoms with Crippen molar-refractivity contribution in [3.05, 3.63) is 41.2 Å². The molecule has 4 aromatic rings. The number of aromatic nitrogens is 7. The predicted molar refractivity (Wildman–Crippen MR) is 81.7 cm³/mol. The van der Waals surface area contributed by atoms with Crippen LogP contribution >= 0.6 is 11.6 Å². The van der Waals surface area contributed by atoms with Gasteiger partial charge in [0.05, 0.1) is 17.1 Å². The van der Waals surface area contributed by atoms with E-state index in [1.54, 1.807) is 6.07 Å². The Hall–Kier alpha value is -2.74. The summed E-state index contributed by atoms with van der Waals surface area (Å²) in [7, 11) is 0. The molecule has 8 nitrogen and oxygen atoms in total. The molecular formula is C13H11ClN8. The van der Waals surface area contributed by atoms with Gasteiger partial charge < -0.3 is 10.3 Å². The zero-order chi connectivity index (χ0) is 15.1. The van der Waals surface area contributed by atoms with E-state index in [-0.39, 0.29) is 6.04 Å². The maximum Gasteiger partial charge on any atom is 0.200 e. The maximum atomic E-state index is 5.99. The van der Waals surface area contributed by atoms with E-state index in [0.29, 0.717) is 16.5 Å². The summed E-state index contributed by atoms with van der Waals surface area (Å²) in [5.41, 5.74) is 2.37. The van der Waals surface area contributed by atoms with Gasteiger partial charge in [0.1, 0.15) is 11.6 Å². The minimum absolute atomic E-state index is 0.0624. The SMILES string of the molecule is C[C@H](Nc1ccc2nnnn2n1)c1nc2ccc(Cl)cc2[nH]1. The molecule has 3 heterocycles. The second kappa shape index (κ2) is 4.92. The van der Waals surface area contributed by atoms with E-state index >= 15 is 0 Å². The van der Waals surface area contributed by atoms with Gasteiger partial charge in [-0.25, -0.2) is 4.98 Å². The molecule has 0 bridgehead atoms. The number of hydrogen-bond acceptors (Lipinski definition) is 6. The van der Waals surface area contributed by atoms with Crippen LogP contribution in [0.25, 0.3) is 16.7 Å². The minimum atomic E-state index is -0.0624. The standard InChI is InChI=1S/C13H11ClN8/c1-7(13-16-9-3-2-8(14)6-10(9)17-13)15-11-4-5-12-18-20-21-22(12)19-11/h2-7H,1H3,(H,15,19)(H,16,17)/t7-/m0/s1. The van der Waals surface area contributed by atoms with Crippen LogP contribution < -0.4 is 5.32 Å². The number of H-pyrrole nitrogens is 1. The van der Waals surface area contributed by atoms with Crippen LogP contribution in [0.2, 0.25) is 5.02 Å². The third-order valence-corrected chi connectivity index (χ3v) is 3.54. The van der Waals surface area contributed by atoms with Crippen molar-refractivity contribution in [1.82, 2.24) is 35.2 Å². The predicted octanol–water partition coefficient (Wildman–Crippen LogP) is 2.22. The molecule has 3 aromatic heterocycles. The Balaban J connectivity index is 1.63. The average Bonchev–Trinajstić information content (AvgIpc) is 3.12. The molecule has 0 fully saturated rings. The molecule has 0 aliphatic carbocycles. The van der Waals surface area contributed by atoms with Crippen LogP contribution in [0.1, 0.15) is 18.8 Å². The molecule has 0 saturated heterocycles. The van der Waals surface area contributed by atoms with Gasteiger partial charge in [-0.15, -0.1) is 14.8 Å². The number of hydrogen-bond donors (Lipinski definition) is 2. The lowest BCUT2D eigenvalue weighted by molar-refractivity contribution is 0.723. The number of nitrogens with one attached hydrogen (secondary N) is 2. The van der Waals surface area contributed by atoms with E-state index in [1.165, 1.54) is 4.63 Å². The molecule has 2 N–H and O–H groups in total. The van der Waals surface area contributed by atoms with Crippen LogP contribution in [0.3, 0.4) is 0 Å². The van der Waals surface area contributed by atoms with Crippen molar-refractivity contribution in [2.24, 2.45) is 0 Å². The van der Waals surface area contributed by atoms with Gasteiger partial charge in [0, 0.05) is 5.02 Å². The lowest BCUT2D eigenvalue weighted by Gasteiger charge is -2.11. The van der Waals surface area contributed by atoms with Crippen molar-refractivity contribution in [3.8, 4) is 0 Å². The van der Waals surface area contributed by atoms with Crippen molar-refractivity contribution >= 4 is 34.1 Å². The van der Waals surface area contributed by atoms with E-state index in [2.05, 4.69) is 35.9 Å². The summed E-state index contributed by atoms with van der Waals surface area (Å²) < 4.78 is 1.37. The van der Waals surface area contributed by atoms with Gasteiger partial charge in [-0.2, -0.15) is 0 Å². The second-order valence-corrected chi connectivity index (χ2v) is 5.33. The Kier molecular flexibility index (Phi) is 2.90. The van der Waals surface area contributed by atoms with Crippen LogP contribution in [-0.4, -0.2) is 35.2 Å². The van der Waals surface area contributed by atoms with E-state index in [4.69, 9.17) is 11.6 Å². The van der Waals surface area contributed by atoms with Crippen LogP contribution in [-0.2, 0) is 0 Å². The Labute approximate surface area is 129 Å². The van der Waals surface area contributed by atoms with Crippen molar-refractivity contribution in [1.29, 1.82) is 0 Å². The molecule has 4 rings (SSSR count). The number of halogens is 1. The van der Waals surface area contributed by atoms with Crippen LogP contribution in [0.4, 0.5) is 5.82 Å². The smallest absolute Gasteiger partial charge is 0.200 e. The van der Waals surface area contributed by atoms with Gasteiger partial charge in [0.25, 0.3) is 0 Å². The van der Waals surface area contributed by atoms with Gasteiger partial charge in [0.2, 0.25) is 0 Å². The van der Waals surface area contributed by atoms with Crippen molar-refractivity contribution in [2.45, 2.75) is 13.0 Å². The van der Waals surface area contributed by atoms with Gasteiger partial charge in [-0.05, 0) is 47.7 Å². The van der Waals surface area contributed by atoms with E-state index < -0.39 is 0 Å². The number of aromatic amines is 1. The van der Waals surface area contributed by atoms with Gasteiger partial charge in [-0.1, -0.05) is 11.6 Å². The van der Waals surface area contributed by atoms with Gasteiger partial charge in [-0.3, -0.25) is 0 Å². The largest absolute Gasteiger partial charge is 0.359 e. The molecule has 0 aliphatic rings. The summed E-state index contributed by atoms with van der Waals surface area (Å²) in [5.74, 6) is 1.46. The van der Waals surface area contributed by atoms with Crippen molar-refractivity contribution in [2.75, 3.05) is 5.32 Å². The highest BCUT2D eigenvalue weighted by molar-refractivity contribution is 6.31. The number of imidazole rings is 1. The normalized spacial score (nSPS) is 12.8. The lowest BCUT2D eigenvalue weighted by atomic mass is 10.3. The molecule has 0 unspecified atom stereocenters. The highest BCUT2D eigenvalue weighted by Crippen LogP contribution is 2.21. The lowest BCUT2D eigenvalue weighted by Crippen LogP contribution is -2.11. The minimum Gasteiger partial charge on any atom is -0.359 e. The molecule has 0 amide bonds. The molecule has 0 radical (unpaired) electrons. The first-order valence-electron chi connectivity index (χ1n) is 6.66. The van der Waals surface area contributed by atoms with Crippen LogP contribution in [0.5, 0.6) is 0 Å². The summed E-state index contributed by atoms with van der Waals surface area (Å²) in [6, 6.07) is 9.11. The van der Waals surface area contributed by atoms with Crippen LogP contribution in [0, 0.1) is 0 Å². The van der Waals surface area contributed by atoms with E-state index in [1.807, 2.05) is 31.2 Å². The molecule has 0 spiro atoms. The zero-order valence-corrected chi connectivity index (χ0v) is 12.3. The Bertz CT molecular complexity index is 959. The van der Waals surface area contributed by atoms with Crippen molar-refractivity contribution < 1.29 is 0 Å². The quantitative estimate of drug-likeness (QED) is 0.602. The molecule has 1 atom stereocenters. The third-order valence-electron chi connectivity index (χ3n) is 3.31. The monoisotopic (exact) mass is 314 g/mol. The highest BCUT2D eigenvalue weighted by Gasteiger charge is 2.12. The first-order valence-corrected chi connectivity index (χ1v) is 7.04. The molecule has 1 aromatic carbocycles. The molecule has 22 heavy (non-hydrogen) atoms. The fourth-order valence-corrected chi connectivity index (χ4v) is 2.40. The summed E-state index contributed by atoms with van der Waals surface area (Å²) in [5, 5.41) is 19.4. The molecule has 0 saturated carbocycles. The summed E-state index contributed by atoms with van der Waals surface area (Å²) >= 11 is 5.99. The topological polar surface area (TPSA) is 96.7 Å². The summed E-state index contributed by atoms with van der Waals surface area (Å²) in [4.78, 5) is 7.81. The molecule has 110 valence electrons. The first-order chi connectivity index (χ1) is 10.7. The molecular weight excluding hydrogens is 304 g/mol. The van der Waals surface area contributed by atoms with Gasteiger partial charge in [0.15, 0.2) is 5.65 Å². The summed E-state index contributed by atoms with van der Waals surface area (Å²) in [6.45, 7) is 1.99. The Morgan fingerprint density at radius 3 is 3.09 bits per heavy atom. The number of rotatable bonds is 3. The second-order valence-electron chi connectivity index (χ2n) is 4.89. The first kappa shape index (κ1) is 13.0. The van der Waals surface area contributed by atoms with Crippen molar-refractivity contribution in [3.63, 3.8) is 0 Å². The number of nitrogens with zero attached hydrogens (tertiary/aromatic N) is 6. The number of tetrazole rings is 1. The van der Waals surface area contributed by atoms with Crippen LogP contribution in [0.15, 0.2) is 30.3 Å². The third kappa shape index (κ3) is 2.23. The Morgan fingerprint density at radius 2 is 2.18 bits per heavy atom. The number of anilines is 1. The average molecular weight is 315 g/mol. The van der Waals surface area contributed by atoms with E-state index in [9.17, 15) is 0 Å². The summed E-state index contributed by atoms with van der Waals surface area (Å²) in [6.07, 6.45) is 0. The zero-order valence-electron chi connectivity index (χ0n) is 11.5.